The Balaban J connectivity index is 1.91. The molecular formula is C16H13NO6. The van der Waals surface area contributed by atoms with Crippen LogP contribution < -0.4 is 14.2 Å². The summed E-state index contributed by atoms with van der Waals surface area (Å²) in [4.78, 5) is 21.3. The summed E-state index contributed by atoms with van der Waals surface area (Å²) in [7, 11) is 0. The Labute approximate surface area is 131 Å². The lowest BCUT2D eigenvalue weighted by atomic mass is 10.2. The second-order valence-corrected chi connectivity index (χ2v) is 4.81. The van der Waals surface area contributed by atoms with E-state index in [0.717, 1.165) is 0 Å². The molecule has 23 heavy (non-hydrogen) atoms. The first-order valence-electron chi connectivity index (χ1n) is 6.96. The van der Waals surface area contributed by atoms with Gasteiger partial charge in [0.1, 0.15) is 5.75 Å². The standard InChI is InChI=1S/C16H13NO6/c1-2-21-12-5-3-4-10(6-12)16-22-14-7-11(9-18)13(17(19)20)8-15(14)23-16/h3-9,16H,2H2,1H3. The van der Waals surface area contributed by atoms with E-state index in [9.17, 15) is 14.9 Å². The lowest BCUT2D eigenvalue weighted by Gasteiger charge is -2.11. The number of fused-ring (bicyclic) bond motifs is 1. The van der Waals surface area contributed by atoms with Crippen LogP contribution >= 0.6 is 0 Å². The Kier molecular flexibility index (Phi) is 3.84. The van der Waals surface area contributed by atoms with Gasteiger partial charge in [-0.15, -0.1) is 0 Å². The van der Waals surface area contributed by atoms with Crippen molar-refractivity contribution in [3.63, 3.8) is 0 Å². The topological polar surface area (TPSA) is 87.9 Å². The molecule has 1 atom stereocenters. The number of rotatable bonds is 5. The summed E-state index contributed by atoms with van der Waals surface area (Å²) >= 11 is 0. The molecule has 7 heteroatoms. The van der Waals surface area contributed by atoms with Crippen LogP contribution in [0.5, 0.6) is 17.2 Å². The van der Waals surface area contributed by atoms with Gasteiger partial charge in [0, 0.05) is 11.6 Å². The molecule has 0 saturated heterocycles. The highest BCUT2D eigenvalue weighted by Crippen LogP contribution is 2.44. The van der Waals surface area contributed by atoms with E-state index >= 15 is 0 Å². The molecule has 1 heterocycles. The SMILES string of the molecule is CCOc1cccc(C2Oc3cc(C=O)c([N+](=O)[O-])cc3O2)c1. The van der Waals surface area contributed by atoms with Crippen molar-refractivity contribution >= 4 is 12.0 Å². The maximum Gasteiger partial charge on any atom is 0.283 e. The van der Waals surface area contributed by atoms with Crippen LogP contribution in [0, 0.1) is 10.1 Å². The second-order valence-electron chi connectivity index (χ2n) is 4.81. The van der Waals surface area contributed by atoms with Gasteiger partial charge in [-0.25, -0.2) is 0 Å². The summed E-state index contributed by atoms with van der Waals surface area (Å²) in [5.74, 6) is 1.20. The maximum absolute atomic E-state index is 11.0. The molecule has 118 valence electrons. The Morgan fingerprint density at radius 1 is 1.26 bits per heavy atom. The third-order valence-corrected chi connectivity index (χ3v) is 3.33. The lowest BCUT2D eigenvalue weighted by molar-refractivity contribution is -0.385. The predicted octanol–water partition coefficient (Wildman–Crippen LogP) is 3.28. The van der Waals surface area contributed by atoms with Gasteiger partial charge in [-0.1, -0.05) is 12.1 Å². The summed E-state index contributed by atoms with van der Waals surface area (Å²) in [6, 6.07) is 9.70. The van der Waals surface area contributed by atoms with Crippen LogP contribution in [-0.2, 0) is 0 Å². The molecule has 0 fully saturated rings. The fraction of sp³-hybridized carbons (Fsp3) is 0.188. The summed E-state index contributed by atoms with van der Waals surface area (Å²) in [6.45, 7) is 2.41. The summed E-state index contributed by atoms with van der Waals surface area (Å²) in [6.07, 6.45) is -0.322. The van der Waals surface area contributed by atoms with Gasteiger partial charge < -0.3 is 14.2 Å². The molecule has 0 radical (unpaired) electrons. The fourth-order valence-electron chi connectivity index (χ4n) is 2.31. The van der Waals surface area contributed by atoms with Gasteiger partial charge in [-0.05, 0) is 19.1 Å². The zero-order valence-corrected chi connectivity index (χ0v) is 12.2. The minimum atomic E-state index is -0.744. The monoisotopic (exact) mass is 315 g/mol. The first-order chi connectivity index (χ1) is 11.1. The van der Waals surface area contributed by atoms with Crippen LogP contribution in [0.1, 0.15) is 29.1 Å². The van der Waals surface area contributed by atoms with Crippen molar-refractivity contribution in [1.29, 1.82) is 0 Å². The van der Waals surface area contributed by atoms with Gasteiger partial charge in [-0.3, -0.25) is 14.9 Å². The van der Waals surface area contributed by atoms with Gasteiger partial charge in [-0.2, -0.15) is 0 Å². The molecule has 0 aliphatic carbocycles. The van der Waals surface area contributed by atoms with Crippen molar-refractivity contribution < 1.29 is 23.9 Å². The first-order valence-corrected chi connectivity index (χ1v) is 6.96. The molecule has 2 aromatic rings. The number of nitro benzene ring substituents is 1. The molecular weight excluding hydrogens is 302 g/mol. The zero-order chi connectivity index (χ0) is 16.4. The molecule has 0 N–H and O–H groups in total. The summed E-state index contributed by atoms with van der Waals surface area (Å²) in [5, 5.41) is 11.0. The molecule has 3 rings (SSSR count). The number of carbonyl (C=O) groups is 1. The maximum atomic E-state index is 11.0. The number of aldehydes is 1. The van der Waals surface area contributed by atoms with E-state index in [-0.39, 0.29) is 17.0 Å². The number of ether oxygens (including phenoxy) is 3. The number of nitrogens with zero attached hydrogens (tertiary/aromatic N) is 1. The fourth-order valence-corrected chi connectivity index (χ4v) is 2.31. The molecule has 1 unspecified atom stereocenters. The molecule has 0 saturated carbocycles. The largest absolute Gasteiger partial charge is 0.494 e. The molecule has 0 aromatic heterocycles. The highest BCUT2D eigenvalue weighted by molar-refractivity contribution is 5.83. The van der Waals surface area contributed by atoms with Crippen molar-refractivity contribution in [2.24, 2.45) is 0 Å². The van der Waals surface area contributed by atoms with Crippen molar-refractivity contribution in [2.45, 2.75) is 13.2 Å². The number of carbonyl (C=O) groups excluding carboxylic acids is 1. The molecule has 1 aliphatic heterocycles. The molecule has 0 bridgehead atoms. The van der Waals surface area contributed by atoms with E-state index in [4.69, 9.17) is 14.2 Å². The first kappa shape index (κ1) is 14.8. The van der Waals surface area contributed by atoms with Gasteiger partial charge in [0.05, 0.1) is 23.2 Å². The normalized spacial score (nSPS) is 15.3. The third-order valence-electron chi connectivity index (χ3n) is 3.33. The smallest absolute Gasteiger partial charge is 0.283 e. The van der Waals surface area contributed by atoms with Crippen molar-refractivity contribution in [2.75, 3.05) is 6.61 Å². The van der Waals surface area contributed by atoms with Crippen molar-refractivity contribution in [3.8, 4) is 17.2 Å². The summed E-state index contributed by atoms with van der Waals surface area (Å²) in [5.41, 5.74) is 0.342. The van der Waals surface area contributed by atoms with E-state index in [2.05, 4.69) is 0 Å². The predicted molar refractivity (Wildman–Crippen MR) is 80.1 cm³/mol. The van der Waals surface area contributed by atoms with E-state index in [1.54, 1.807) is 18.2 Å². The van der Waals surface area contributed by atoms with Crippen LogP contribution in [0.4, 0.5) is 5.69 Å². The van der Waals surface area contributed by atoms with Crippen LogP contribution in [0.3, 0.4) is 0 Å². The number of nitro groups is 1. The highest BCUT2D eigenvalue weighted by Gasteiger charge is 2.30. The Bertz CT molecular complexity index is 773. The van der Waals surface area contributed by atoms with Crippen molar-refractivity contribution in [3.05, 3.63) is 57.6 Å². The van der Waals surface area contributed by atoms with Gasteiger partial charge in [0.15, 0.2) is 17.8 Å². The van der Waals surface area contributed by atoms with Crippen LogP contribution in [0.15, 0.2) is 36.4 Å². The molecule has 7 nitrogen and oxygen atoms in total. The third kappa shape index (κ3) is 2.80. The minimum Gasteiger partial charge on any atom is -0.494 e. The number of benzene rings is 2. The van der Waals surface area contributed by atoms with Gasteiger partial charge in [0.25, 0.3) is 12.0 Å². The Morgan fingerprint density at radius 3 is 2.65 bits per heavy atom. The van der Waals surface area contributed by atoms with E-state index in [1.807, 2.05) is 13.0 Å². The average molecular weight is 315 g/mol. The molecule has 0 amide bonds. The van der Waals surface area contributed by atoms with Crippen LogP contribution in [0.25, 0.3) is 0 Å². The van der Waals surface area contributed by atoms with Gasteiger partial charge >= 0.3 is 0 Å². The Hall–Kier alpha value is -3.09. The van der Waals surface area contributed by atoms with Crippen molar-refractivity contribution in [1.82, 2.24) is 0 Å². The van der Waals surface area contributed by atoms with E-state index in [1.165, 1.54) is 12.1 Å². The molecule has 1 aliphatic rings. The summed E-state index contributed by atoms with van der Waals surface area (Å²) < 4.78 is 16.7. The number of hydrogen-bond donors (Lipinski definition) is 0. The second kappa shape index (κ2) is 5.96. The van der Waals surface area contributed by atoms with Crippen LogP contribution in [-0.4, -0.2) is 17.8 Å². The van der Waals surface area contributed by atoms with E-state index in [0.29, 0.717) is 30.0 Å². The quantitative estimate of drug-likeness (QED) is 0.478. The molecule has 2 aromatic carbocycles. The zero-order valence-electron chi connectivity index (χ0n) is 12.2. The number of hydrogen-bond acceptors (Lipinski definition) is 6. The Morgan fingerprint density at radius 2 is 2.00 bits per heavy atom. The lowest BCUT2D eigenvalue weighted by Crippen LogP contribution is -2.08. The minimum absolute atomic E-state index is 0.0546. The van der Waals surface area contributed by atoms with Gasteiger partial charge in [0.2, 0.25) is 0 Å². The average Bonchev–Trinajstić information content (AvgIpc) is 2.97. The highest BCUT2D eigenvalue weighted by atomic mass is 16.7. The van der Waals surface area contributed by atoms with Crippen LogP contribution in [0.2, 0.25) is 0 Å². The molecule has 0 spiro atoms. The van der Waals surface area contributed by atoms with E-state index < -0.39 is 11.2 Å².